The summed E-state index contributed by atoms with van der Waals surface area (Å²) < 4.78 is 2.95. The maximum atomic E-state index is 6.00. The van der Waals surface area contributed by atoms with Crippen molar-refractivity contribution in [3.63, 3.8) is 0 Å². The third kappa shape index (κ3) is 1.91. The maximum Gasteiger partial charge on any atom is 0.160 e. The highest BCUT2D eigenvalue weighted by Gasteiger charge is 2.14. The number of thiophene rings is 1. The fraction of sp³-hybridized carbons (Fsp3) is 0.231. The number of rotatable bonds is 3. The second kappa shape index (κ2) is 4.71. The Morgan fingerprint density at radius 1 is 1.33 bits per heavy atom. The molecule has 0 atom stereocenters. The number of nitrogens with zero attached hydrogens (tertiary/aromatic N) is 3. The Labute approximate surface area is 114 Å². The Morgan fingerprint density at radius 3 is 2.94 bits per heavy atom. The molecule has 3 aromatic rings. The smallest absolute Gasteiger partial charge is 0.160 e. The molecule has 0 aliphatic heterocycles. The van der Waals surface area contributed by atoms with Crippen LogP contribution in [0, 0.1) is 0 Å². The third-order valence-electron chi connectivity index (χ3n) is 2.74. The van der Waals surface area contributed by atoms with Crippen LogP contribution in [-0.4, -0.2) is 14.5 Å². The van der Waals surface area contributed by atoms with Gasteiger partial charge in [-0.2, -0.15) is 0 Å². The zero-order valence-corrected chi connectivity index (χ0v) is 11.5. The van der Waals surface area contributed by atoms with E-state index in [-0.39, 0.29) is 0 Å². The Kier molecular flexibility index (Phi) is 3.06. The summed E-state index contributed by atoms with van der Waals surface area (Å²) in [4.78, 5) is 10.2. The van der Waals surface area contributed by atoms with Gasteiger partial charge >= 0.3 is 0 Å². The molecule has 0 radical (unpaired) electrons. The quantitative estimate of drug-likeness (QED) is 0.717. The fourth-order valence-corrected chi connectivity index (χ4v) is 3.06. The summed E-state index contributed by atoms with van der Waals surface area (Å²) in [7, 11) is 0. The number of aryl methyl sites for hydroxylation is 1. The SMILES string of the molecule is CCCn1c(-c2ccc(Cl)s2)nc2cccnc21. The summed E-state index contributed by atoms with van der Waals surface area (Å²) in [5, 5.41) is 0. The van der Waals surface area contributed by atoms with E-state index in [2.05, 4.69) is 21.5 Å². The van der Waals surface area contributed by atoms with E-state index < -0.39 is 0 Å². The average Bonchev–Trinajstić information content (AvgIpc) is 2.95. The van der Waals surface area contributed by atoms with Crippen molar-refractivity contribution in [2.24, 2.45) is 0 Å². The van der Waals surface area contributed by atoms with Gasteiger partial charge in [0.1, 0.15) is 5.52 Å². The van der Waals surface area contributed by atoms with Gasteiger partial charge in [-0.1, -0.05) is 18.5 Å². The van der Waals surface area contributed by atoms with Crippen molar-refractivity contribution in [3.05, 3.63) is 34.8 Å². The summed E-state index contributed by atoms with van der Waals surface area (Å²) in [6, 6.07) is 7.83. The minimum atomic E-state index is 0.785. The van der Waals surface area contributed by atoms with Gasteiger partial charge < -0.3 is 4.57 Å². The van der Waals surface area contributed by atoms with Crippen LogP contribution < -0.4 is 0 Å². The van der Waals surface area contributed by atoms with E-state index in [1.54, 1.807) is 17.5 Å². The molecule has 0 aliphatic carbocycles. The summed E-state index contributed by atoms with van der Waals surface area (Å²) in [6.45, 7) is 3.07. The van der Waals surface area contributed by atoms with E-state index in [0.717, 1.165) is 39.2 Å². The lowest BCUT2D eigenvalue weighted by atomic mass is 10.4. The van der Waals surface area contributed by atoms with Crippen LogP contribution >= 0.6 is 22.9 Å². The zero-order chi connectivity index (χ0) is 12.5. The molecular weight excluding hydrogens is 266 g/mol. The van der Waals surface area contributed by atoms with Crippen LogP contribution in [0.2, 0.25) is 4.34 Å². The molecule has 0 aliphatic rings. The van der Waals surface area contributed by atoms with Gasteiger partial charge in [0.25, 0.3) is 0 Å². The molecule has 0 spiro atoms. The molecule has 18 heavy (non-hydrogen) atoms. The third-order valence-corrected chi connectivity index (χ3v) is 3.97. The molecular formula is C13H12ClN3S. The molecule has 5 heteroatoms. The van der Waals surface area contributed by atoms with Crippen molar-refractivity contribution in [1.29, 1.82) is 0 Å². The van der Waals surface area contributed by atoms with Crippen LogP contribution in [0.3, 0.4) is 0 Å². The number of aromatic nitrogens is 3. The molecule has 3 nitrogen and oxygen atoms in total. The Morgan fingerprint density at radius 2 is 2.22 bits per heavy atom. The van der Waals surface area contributed by atoms with E-state index in [9.17, 15) is 0 Å². The number of hydrogen-bond donors (Lipinski definition) is 0. The maximum absolute atomic E-state index is 6.00. The van der Waals surface area contributed by atoms with Crippen LogP contribution in [0.25, 0.3) is 21.9 Å². The van der Waals surface area contributed by atoms with Crippen LogP contribution in [0.5, 0.6) is 0 Å². The second-order valence-electron chi connectivity index (χ2n) is 4.04. The molecule has 0 saturated carbocycles. The molecule has 3 rings (SSSR count). The number of halogens is 1. The van der Waals surface area contributed by atoms with Crippen LogP contribution in [0.1, 0.15) is 13.3 Å². The highest BCUT2D eigenvalue weighted by atomic mass is 35.5. The highest BCUT2D eigenvalue weighted by molar-refractivity contribution is 7.19. The molecule has 0 fully saturated rings. The molecule has 3 heterocycles. The van der Waals surface area contributed by atoms with Crippen LogP contribution in [-0.2, 0) is 6.54 Å². The Balaban J connectivity index is 2.24. The van der Waals surface area contributed by atoms with E-state index in [4.69, 9.17) is 11.6 Å². The largest absolute Gasteiger partial charge is 0.308 e. The van der Waals surface area contributed by atoms with Crippen molar-refractivity contribution in [2.75, 3.05) is 0 Å². The monoisotopic (exact) mass is 277 g/mol. The van der Waals surface area contributed by atoms with Crippen molar-refractivity contribution >= 4 is 34.1 Å². The predicted molar refractivity (Wildman–Crippen MR) is 76.1 cm³/mol. The van der Waals surface area contributed by atoms with Crippen molar-refractivity contribution < 1.29 is 0 Å². The number of imidazole rings is 1. The van der Waals surface area contributed by atoms with Crippen molar-refractivity contribution in [3.8, 4) is 10.7 Å². The molecule has 0 aromatic carbocycles. The van der Waals surface area contributed by atoms with Crippen molar-refractivity contribution in [2.45, 2.75) is 19.9 Å². The van der Waals surface area contributed by atoms with Gasteiger partial charge in [0.2, 0.25) is 0 Å². The number of fused-ring (bicyclic) bond motifs is 1. The topological polar surface area (TPSA) is 30.7 Å². The van der Waals surface area contributed by atoms with Gasteiger partial charge in [-0.15, -0.1) is 11.3 Å². The first-order chi connectivity index (χ1) is 8.79. The van der Waals surface area contributed by atoms with Gasteiger partial charge in [-0.25, -0.2) is 9.97 Å². The molecule has 92 valence electrons. The number of hydrogen-bond acceptors (Lipinski definition) is 3. The highest BCUT2D eigenvalue weighted by Crippen LogP contribution is 2.32. The first-order valence-corrected chi connectivity index (χ1v) is 7.06. The van der Waals surface area contributed by atoms with E-state index in [0.29, 0.717) is 0 Å². The lowest BCUT2D eigenvalue weighted by Crippen LogP contribution is -1.99. The summed E-state index contributed by atoms with van der Waals surface area (Å²) in [6.07, 6.45) is 2.86. The van der Waals surface area contributed by atoms with Gasteiger partial charge in [0, 0.05) is 12.7 Å². The van der Waals surface area contributed by atoms with Crippen molar-refractivity contribution in [1.82, 2.24) is 14.5 Å². The molecule has 0 saturated heterocycles. The van der Waals surface area contributed by atoms with Gasteiger partial charge in [-0.05, 0) is 30.7 Å². The second-order valence-corrected chi connectivity index (χ2v) is 5.75. The molecule has 0 N–H and O–H groups in total. The lowest BCUT2D eigenvalue weighted by Gasteiger charge is -2.04. The van der Waals surface area contributed by atoms with Crippen LogP contribution in [0.15, 0.2) is 30.5 Å². The first-order valence-electron chi connectivity index (χ1n) is 5.86. The minimum Gasteiger partial charge on any atom is -0.308 e. The fourth-order valence-electron chi connectivity index (χ4n) is 2.02. The zero-order valence-electron chi connectivity index (χ0n) is 9.93. The summed E-state index contributed by atoms with van der Waals surface area (Å²) in [5.41, 5.74) is 1.88. The van der Waals surface area contributed by atoms with E-state index in [1.165, 1.54) is 0 Å². The van der Waals surface area contributed by atoms with E-state index >= 15 is 0 Å². The standard InChI is InChI=1S/C13H12ClN3S/c1-2-8-17-12-9(4-3-7-15-12)16-13(17)10-5-6-11(14)18-10/h3-7H,2,8H2,1H3. The summed E-state index contributed by atoms with van der Waals surface area (Å²) >= 11 is 7.55. The van der Waals surface area contributed by atoms with E-state index in [1.807, 2.05) is 24.3 Å². The van der Waals surface area contributed by atoms with Gasteiger partial charge in [0.15, 0.2) is 11.5 Å². The Bertz CT molecular complexity index is 686. The Hall–Kier alpha value is -1.39. The average molecular weight is 278 g/mol. The number of pyridine rings is 1. The lowest BCUT2D eigenvalue weighted by molar-refractivity contribution is 0.699. The summed E-state index contributed by atoms with van der Waals surface area (Å²) in [5.74, 6) is 0.961. The molecule has 0 unspecified atom stereocenters. The van der Waals surface area contributed by atoms with Gasteiger partial charge in [-0.3, -0.25) is 0 Å². The first kappa shape index (κ1) is 11.7. The normalized spacial score (nSPS) is 11.2. The van der Waals surface area contributed by atoms with Crippen LogP contribution in [0.4, 0.5) is 0 Å². The molecule has 0 amide bonds. The molecule has 0 bridgehead atoms. The molecule has 3 aromatic heterocycles. The predicted octanol–water partition coefficient (Wildman–Crippen LogP) is 4.22. The van der Waals surface area contributed by atoms with Gasteiger partial charge in [0.05, 0.1) is 9.21 Å². The minimum absolute atomic E-state index is 0.785.